The number of hydrogen-bond donors (Lipinski definition) is 0. The van der Waals surface area contributed by atoms with Crippen LogP contribution in [0.15, 0.2) is 18.2 Å². The normalized spacial score (nSPS) is 11.3. The van der Waals surface area contributed by atoms with E-state index in [1.54, 1.807) is 0 Å². The van der Waals surface area contributed by atoms with E-state index in [1.807, 2.05) is 0 Å². The van der Waals surface area contributed by atoms with Crippen molar-refractivity contribution >= 4 is 21.7 Å². The topological polar surface area (TPSA) is 43.4 Å². The maximum absolute atomic E-state index is 12.5. The van der Waals surface area contributed by atoms with Crippen molar-refractivity contribution in [3.05, 3.63) is 29.0 Å². The first-order valence-electron chi connectivity index (χ1n) is 3.23. The van der Waals surface area contributed by atoms with Crippen molar-refractivity contribution in [3.8, 4) is 5.75 Å². The Morgan fingerprint density at radius 3 is 2.54 bits per heavy atom. The molecular formula is C7H6ClFO3S. The van der Waals surface area contributed by atoms with Gasteiger partial charge in [-0.3, -0.25) is 0 Å². The molecule has 13 heavy (non-hydrogen) atoms. The lowest BCUT2D eigenvalue weighted by molar-refractivity contribution is 0.492. The Kier molecular flexibility index (Phi) is 2.77. The van der Waals surface area contributed by atoms with Crippen LogP contribution in [0.3, 0.4) is 0 Å². The van der Waals surface area contributed by atoms with Crippen molar-refractivity contribution in [1.82, 2.24) is 0 Å². The Morgan fingerprint density at radius 2 is 2.08 bits per heavy atom. The van der Waals surface area contributed by atoms with Gasteiger partial charge < -0.3 is 4.18 Å². The lowest BCUT2D eigenvalue weighted by Crippen LogP contribution is -2.06. The average Bonchev–Trinajstić information content (AvgIpc) is 1.93. The third-order valence-electron chi connectivity index (χ3n) is 1.14. The van der Waals surface area contributed by atoms with Gasteiger partial charge in [-0.2, -0.15) is 8.42 Å². The summed E-state index contributed by atoms with van der Waals surface area (Å²) >= 11 is 5.51. The van der Waals surface area contributed by atoms with Crippen molar-refractivity contribution in [3.63, 3.8) is 0 Å². The molecule has 6 heteroatoms. The second kappa shape index (κ2) is 3.51. The SMILES string of the molecule is CS(=O)(=O)Oc1ccc(F)cc1Cl. The molecule has 0 aliphatic rings. The van der Waals surface area contributed by atoms with E-state index >= 15 is 0 Å². The van der Waals surface area contributed by atoms with E-state index < -0.39 is 15.9 Å². The van der Waals surface area contributed by atoms with E-state index in [-0.39, 0.29) is 10.8 Å². The van der Waals surface area contributed by atoms with Gasteiger partial charge in [-0.25, -0.2) is 4.39 Å². The van der Waals surface area contributed by atoms with Gasteiger partial charge in [-0.05, 0) is 18.2 Å². The zero-order valence-electron chi connectivity index (χ0n) is 6.62. The number of benzene rings is 1. The minimum Gasteiger partial charge on any atom is -0.381 e. The Bertz CT molecular complexity index is 416. The average molecular weight is 225 g/mol. The minimum atomic E-state index is -3.62. The highest BCUT2D eigenvalue weighted by atomic mass is 35.5. The molecule has 0 aromatic heterocycles. The molecule has 0 spiro atoms. The molecule has 0 aliphatic heterocycles. The Morgan fingerprint density at radius 1 is 1.46 bits per heavy atom. The lowest BCUT2D eigenvalue weighted by atomic mass is 10.3. The molecule has 0 fully saturated rings. The van der Waals surface area contributed by atoms with Gasteiger partial charge in [0, 0.05) is 0 Å². The standard InChI is InChI=1S/C7H6ClFO3S/c1-13(10,11)12-7-3-2-5(9)4-6(7)8/h2-4H,1H3. The van der Waals surface area contributed by atoms with Gasteiger partial charge in [0.15, 0.2) is 5.75 Å². The summed E-state index contributed by atoms with van der Waals surface area (Å²) in [6, 6.07) is 3.19. The summed E-state index contributed by atoms with van der Waals surface area (Å²) < 4.78 is 38.3. The summed E-state index contributed by atoms with van der Waals surface area (Å²) in [4.78, 5) is 0. The number of halogens is 2. The van der Waals surface area contributed by atoms with Gasteiger partial charge in [-0.1, -0.05) is 11.6 Å². The predicted octanol–water partition coefficient (Wildman–Crippen LogP) is 1.82. The zero-order valence-corrected chi connectivity index (χ0v) is 8.19. The summed E-state index contributed by atoms with van der Waals surface area (Å²) in [5.41, 5.74) is 0. The van der Waals surface area contributed by atoms with Gasteiger partial charge in [0.05, 0.1) is 11.3 Å². The van der Waals surface area contributed by atoms with Crippen molar-refractivity contribution in [2.75, 3.05) is 6.26 Å². The largest absolute Gasteiger partial charge is 0.381 e. The molecule has 0 radical (unpaired) electrons. The maximum atomic E-state index is 12.5. The number of rotatable bonds is 2. The van der Waals surface area contributed by atoms with E-state index in [2.05, 4.69) is 4.18 Å². The monoisotopic (exact) mass is 224 g/mol. The van der Waals surface area contributed by atoms with E-state index in [0.29, 0.717) is 0 Å². The highest BCUT2D eigenvalue weighted by Crippen LogP contribution is 2.25. The third kappa shape index (κ3) is 3.20. The molecule has 0 bridgehead atoms. The van der Waals surface area contributed by atoms with Crippen LogP contribution in [-0.2, 0) is 10.1 Å². The van der Waals surface area contributed by atoms with Gasteiger partial charge >= 0.3 is 10.1 Å². The molecule has 3 nitrogen and oxygen atoms in total. The highest BCUT2D eigenvalue weighted by Gasteiger charge is 2.08. The quantitative estimate of drug-likeness (QED) is 0.720. The first-order chi connectivity index (χ1) is 5.88. The van der Waals surface area contributed by atoms with E-state index in [4.69, 9.17) is 11.6 Å². The summed E-state index contributed by atoms with van der Waals surface area (Å²) in [6.07, 6.45) is 0.882. The van der Waals surface area contributed by atoms with Gasteiger partial charge in [0.25, 0.3) is 0 Å². The van der Waals surface area contributed by atoms with E-state index in [0.717, 1.165) is 24.5 Å². The van der Waals surface area contributed by atoms with Crippen LogP contribution in [0.4, 0.5) is 4.39 Å². The Balaban J connectivity index is 3.04. The summed E-state index contributed by atoms with van der Waals surface area (Å²) in [7, 11) is -3.62. The molecule has 0 N–H and O–H groups in total. The minimum absolute atomic E-state index is 0.0782. The van der Waals surface area contributed by atoms with Crippen molar-refractivity contribution in [1.29, 1.82) is 0 Å². The van der Waals surface area contributed by atoms with E-state index in [1.165, 1.54) is 0 Å². The van der Waals surface area contributed by atoms with Gasteiger partial charge in [0.1, 0.15) is 5.82 Å². The molecule has 0 saturated heterocycles. The van der Waals surface area contributed by atoms with Crippen LogP contribution in [0.1, 0.15) is 0 Å². The molecule has 0 aliphatic carbocycles. The van der Waals surface area contributed by atoms with E-state index in [9.17, 15) is 12.8 Å². The van der Waals surface area contributed by atoms with Crippen LogP contribution in [-0.4, -0.2) is 14.7 Å². The van der Waals surface area contributed by atoms with Crippen LogP contribution < -0.4 is 4.18 Å². The molecule has 1 aromatic carbocycles. The Labute approximate surface area is 80.2 Å². The molecule has 72 valence electrons. The van der Waals surface area contributed by atoms with Crippen LogP contribution in [0.2, 0.25) is 5.02 Å². The van der Waals surface area contributed by atoms with Crippen molar-refractivity contribution in [2.45, 2.75) is 0 Å². The molecule has 0 unspecified atom stereocenters. The van der Waals surface area contributed by atoms with Crippen LogP contribution in [0.25, 0.3) is 0 Å². The van der Waals surface area contributed by atoms with Crippen molar-refractivity contribution in [2.24, 2.45) is 0 Å². The number of hydrogen-bond acceptors (Lipinski definition) is 3. The summed E-state index contributed by atoms with van der Waals surface area (Å²) in [6.45, 7) is 0. The fraction of sp³-hybridized carbons (Fsp3) is 0.143. The van der Waals surface area contributed by atoms with Crippen LogP contribution in [0, 0.1) is 5.82 Å². The molecule has 0 saturated carbocycles. The second-order valence-electron chi connectivity index (χ2n) is 2.36. The highest BCUT2D eigenvalue weighted by molar-refractivity contribution is 7.86. The smallest absolute Gasteiger partial charge is 0.306 e. The first kappa shape index (κ1) is 10.3. The predicted molar refractivity (Wildman–Crippen MR) is 46.9 cm³/mol. The van der Waals surface area contributed by atoms with Crippen molar-refractivity contribution < 1.29 is 17.0 Å². The summed E-state index contributed by atoms with van der Waals surface area (Å²) in [5, 5.41) is -0.0783. The molecule has 0 atom stereocenters. The fourth-order valence-electron chi connectivity index (χ4n) is 0.706. The molecule has 1 aromatic rings. The van der Waals surface area contributed by atoms with Gasteiger partial charge in [-0.15, -0.1) is 0 Å². The zero-order chi connectivity index (χ0) is 10.1. The molecule has 1 rings (SSSR count). The summed E-state index contributed by atoms with van der Waals surface area (Å²) in [5.74, 6) is -0.628. The fourth-order valence-corrected chi connectivity index (χ4v) is 1.43. The van der Waals surface area contributed by atoms with Crippen LogP contribution >= 0.6 is 11.6 Å². The maximum Gasteiger partial charge on any atom is 0.306 e. The molecule has 0 heterocycles. The van der Waals surface area contributed by atoms with Gasteiger partial charge in [0.2, 0.25) is 0 Å². The third-order valence-corrected chi connectivity index (χ3v) is 1.91. The van der Waals surface area contributed by atoms with Crippen LogP contribution in [0.5, 0.6) is 5.75 Å². The second-order valence-corrected chi connectivity index (χ2v) is 4.34. The molecular weight excluding hydrogens is 219 g/mol. The first-order valence-corrected chi connectivity index (χ1v) is 5.42. The lowest BCUT2D eigenvalue weighted by Gasteiger charge is -2.03. The molecule has 0 amide bonds. The Hall–Kier alpha value is -0.810.